The summed E-state index contributed by atoms with van der Waals surface area (Å²) in [6, 6.07) is 9.61. The van der Waals surface area contributed by atoms with Crippen LogP contribution in [-0.4, -0.2) is 12.7 Å². The van der Waals surface area contributed by atoms with Gasteiger partial charge in [-0.25, -0.2) is 0 Å². The number of benzene rings is 1. The number of rotatable bonds is 8. The van der Waals surface area contributed by atoms with E-state index >= 15 is 0 Å². The van der Waals surface area contributed by atoms with Gasteiger partial charge in [0.15, 0.2) is 0 Å². The molecule has 31 heavy (non-hydrogen) atoms. The van der Waals surface area contributed by atoms with Crippen LogP contribution in [0.15, 0.2) is 49.1 Å². The first kappa shape index (κ1) is 22.8. The van der Waals surface area contributed by atoms with E-state index in [0.717, 1.165) is 24.4 Å². The number of ether oxygens (including phenoxy) is 1. The van der Waals surface area contributed by atoms with E-state index < -0.39 is 0 Å². The summed E-state index contributed by atoms with van der Waals surface area (Å²) in [4.78, 5) is 0. The number of hydrogen-bond donors (Lipinski definition) is 0. The molecule has 1 heteroatoms. The normalized spacial score (nSPS) is 33.8. The monoisotopic (exact) mass is 420 g/mol. The van der Waals surface area contributed by atoms with Gasteiger partial charge in [0.2, 0.25) is 0 Å². The van der Waals surface area contributed by atoms with Gasteiger partial charge >= 0.3 is 0 Å². The highest BCUT2D eigenvalue weighted by Crippen LogP contribution is 2.38. The molecule has 1 nitrogen and oxygen atoms in total. The summed E-state index contributed by atoms with van der Waals surface area (Å²) in [5, 5.41) is 0. The van der Waals surface area contributed by atoms with Gasteiger partial charge in [0.1, 0.15) is 0 Å². The van der Waals surface area contributed by atoms with Gasteiger partial charge < -0.3 is 4.74 Å². The summed E-state index contributed by atoms with van der Waals surface area (Å²) < 4.78 is 6.33. The van der Waals surface area contributed by atoms with E-state index in [9.17, 15) is 0 Å². The maximum absolute atomic E-state index is 6.33. The van der Waals surface area contributed by atoms with Crippen LogP contribution < -0.4 is 0 Å². The van der Waals surface area contributed by atoms with Crippen molar-refractivity contribution < 1.29 is 4.74 Å². The molecular weight excluding hydrogens is 376 g/mol. The molecule has 0 heterocycles. The summed E-state index contributed by atoms with van der Waals surface area (Å²) in [7, 11) is 0. The standard InChI is InChI=1S/C30H44O/c1-3-5-24-10-20-30(21-11-24)31-22-25-8-14-27(15-9-25)29-18-16-28(17-19-29)26-12-6-23(4-2)7-13-26/h4,8,14,16-19,23-27,30H,2-3,5-7,9-13,15,20-22H2,1H3. The van der Waals surface area contributed by atoms with Crippen LogP contribution in [0.4, 0.5) is 0 Å². The molecule has 2 atom stereocenters. The second-order valence-corrected chi connectivity index (χ2v) is 10.6. The molecule has 2 fully saturated rings. The SMILES string of the molecule is C=CC1CCC(c2ccc(C3C=CC(COC4CCC(CCC)CC4)CC3)cc2)CC1. The van der Waals surface area contributed by atoms with Crippen molar-refractivity contribution in [2.45, 2.75) is 102 Å². The van der Waals surface area contributed by atoms with Crippen molar-refractivity contribution in [1.29, 1.82) is 0 Å². The summed E-state index contributed by atoms with van der Waals surface area (Å²) in [6.45, 7) is 7.22. The highest BCUT2D eigenvalue weighted by molar-refractivity contribution is 5.31. The maximum atomic E-state index is 6.33. The summed E-state index contributed by atoms with van der Waals surface area (Å²) >= 11 is 0. The average Bonchev–Trinajstić information content (AvgIpc) is 2.84. The van der Waals surface area contributed by atoms with Crippen molar-refractivity contribution in [3.05, 3.63) is 60.2 Å². The lowest BCUT2D eigenvalue weighted by Crippen LogP contribution is -2.24. The van der Waals surface area contributed by atoms with Crippen LogP contribution in [0.2, 0.25) is 0 Å². The predicted octanol–water partition coefficient (Wildman–Crippen LogP) is 8.57. The van der Waals surface area contributed by atoms with E-state index in [2.05, 4.69) is 56.0 Å². The smallest absolute Gasteiger partial charge is 0.0575 e. The van der Waals surface area contributed by atoms with Crippen molar-refractivity contribution in [3.8, 4) is 0 Å². The Morgan fingerprint density at radius 3 is 2.16 bits per heavy atom. The zero-order valence-corrected chi connectivity index (χ0v) is 19.8. The number of allylic oxidation sites excluding steroid dienone is 2. The van der Waals surface area contributed by atoms with Crippen LogP contribution >= 0.6 is 0 Å². The van der Waals surface area contributed by atoms with E-state index in [4.69, 9.17) is 4.74 Å². The van der Waals surface area contributed by atoms with Crippen molar-refractivity contribution in [2.75, 3.05) is 6.61 Å². The molecule has 4 rings (SSSR count). The molecule has 1 aromatic carbocycles. The minimum atomic E-state index is 0.522. The third kappa shape index (κ3) is 6.35. The first-order chi connectivity index (χ1) is 15.2. The van der Waals surface area contributed by atoms with Crippen LogP contribution in [0, 0.1) is 17.8 Å². The topological polar surface area (TPSA) is 9.23 Å². The lowest BCUT2D eigenvalue weighted by Gasteiger charge is -2.30. The van der Waals surface area contributed by atoms with Crippen LogP contribution in [0.5, 0.6) is 0 Å². The van der Waals surface area contributed by atoms with Crippen LogP contribution in [0.25, 0.3) is 0 Å². The Morgan fingerprint density at radius 1 is 0.839 bits per heavy atom. The fourth-order valence-corrected chi connectivity index (χ4v) is 6.25. The van der Waals surface area contributed by atoms with Crippen LogP contribution in [-0.2, 0) is 4.74 Å². The van der Waals surface area contributed by atoms with Gasteiger partial charge in [0.05, 0.1) is 12.7 Å². The molecule has 170 valence electrons. The average molecular weight is 421 g/mol. The molecule has 0 aliphatic heterocycles. The molecule has 3 aliphatic rings. The molecular formula is C30H44O. The van der Waals surface area contributed by atoms with E-state index in [-0.39, 0.29) is 0 Å². The van der Waals surface area contributed by atoms with E-state index in [1.54, 1.807) is 5.56 Å². The van der Waals surface area contributed by atoms with Crippen molar-refractivity contribution in [1.82, 2.24) is 0 Å². The first-order valence-corrected chi connectivity index (χ1v) is 13.3. The molecule has 0 amide bonds. The minimum Gasteiger partial charge on any atom is -0.378 e. The highest BCUT2D eigenvalue weighted by atomic mass is 16.5. The van der Waals surface area contributed by atoms with Gasteiger partial charge in [-0.3, -0.25) is 0 Å². The molecule has 2 unspecified atom stereocenters. The van der Waals surface area contributed by atoms with Crippen LogP contribution in [0.1, 0.15) is 107 Å². The number of hydrogen-bond acceptors (Lipinski definition) is 1. The van der Waals surface area contributed by atoms with Gasteiger partial charge in [0.25, 0.3) is 0 Å². The Morgan fingerprint density at radius 2 is 1.55 bits per heavy atom. The first-order valence-electron chi connectivity index (χ1n) is 13.3. The van der Waals surface area contributed by atoms with E-state index in [1.807, 2.05) is 0 Å². The quantitative estimate of drug-likeness (QED) is 0.383. The van der Waals surface area contributed by atoms with E-state index in [0.29, 0.717) is 17.9 Å². The third-order valence-electron chi connectivity index (χ3n) is 8.44. The molecule has 0 aromatic heterocycles. The maximum Gasteiger partial charge on any atom is 0.0575 e. The van der Waals surface area contributed by atoms with Crippen molar-refractivity contribution in [2.24, 2.45) is 17.8 Å². The Bertz CT molecular complexity index is 686. The summed E-state index contributed by atoms with van der Waals surface area (Å²) in [5.74, 6) is 3.67. The molecule has 1 aromatic rings. The molecule has 3 aliphatic carbocycles. The molecule has 0 saturated heterocycles. The molecule has 2 saturated carbocycles. The van der Waals surface area contributed by atoms with Gasteiger partial charge in [-0.05, 0) is 93.1 Å². The highest BCUT2D eigenvalue weighted by Gasteiger charge is 2.24. The Labute approximate surface area is 191 Å². The van der Waals surface area contributed by atoms with Gasteiger partial charge in [-0.1, -0.05) is 62.3 Å². The minimum absolute atomic E-state index is 0.522. The largest absolute Gasteiger partial charge is 0.378 e. The lowest BCUT2D eigenvalue weighted by atomic mass is 9.78. The fraction of sp³-hybridized carbons (Fsp3) is 0.667. The Balaban J connectivity index is 1.21. The van der Waals surface area contributed by atoms with Crippen LogP contribution in [0.3, 0.4) is 0 Å². The lowest BCUT2D eigenvalue weighted by molar-refractivity contribution is 0.00324. The van der Waals surface area contributed by atoms with E-state index in [1.165, 1.54) is 82.6 Å². The zero-order chi connectivity index (χ0) is 21.5. The van der Waals surface area contributed by atoms with Gasteiger partial charge in [0, 0.05) is 11.8 Å². The third-order valence-corrected chi connectivity index (χ3v) is 8.44. The fourth-order valence-electron chi connectivity index (χ4n) is 6.25. The molecule has 0 N–H and O–H groups in total. The summed E-state index contributed by atoms with van der Waals surface area (Å²) in [5.41, 5.74) is 3.04. The second kappa shape index (κ2) is 11.5. The zero-order valence-electron chi connectivity index (χ0n) is 19.8. The second-order valence-electron chi connectivity index (χ2n) is 10.6. The van der Waals surface area contributed by atoms with Gasteiger partial charge in [-0.2, -0.15) is 0 Å². The summed E-state index contributed by atoms with van der Waals surface area (Å²) in [6.07, 6.45) is 23.5. The Hall–Kier alpha value is -1.34. The van der Waals surface area contributed by atoms with Crippen molar-refractivity contribution in [3.63, 3.8) is 0 Å². The molecule has 0 spiro atoms. The molecule has 0 radical (unpaired) electrons. The predicted molar refractivity (Wildman–Crippen MR) is 133 cm³/mol. The molecule has 0 bridgehead atoms. The van der Waals surface area contributed by atoms with Crippen molar-refractivity contribution >= 4 is 0 Å². The Kier molecular flexibility index (Phi) is 8.48. The van der Waals surface area contributed by atoms with Gasteiger partial charge in [-0.15, -0.1) is 6.58 Å².